The second kappa shape index (κ2) is 5.22. The predicted octanol–water partition coefficient (Wildman–Crippen LogP) is 5.47. The second-order valence-electron chi connectivity index (χ2n) is 3.49. The summed E-state index contributed by atoms with van der Waals surface area (Å²) in [6.45, 7) is 1.98. The summed E-state index contributed by atoms with van der Waals surface area (Å²) >= 11 is 14.1. The van der Waals surface area contributed by atoms with E-state index in [2.05, 4.69) is 31.9 Å². The first-order valence-corrected chi connectivity index (χ1v) is 7.53. The Morgan fingerprint density at radius 3 is 2.47 bits per heavy atom. The first-order valence-electron chi connectivity index (χ1n) is 4.74. The van der Waals surface area contributed by atoms with Crippen molar-refractivity contribution in [3.63, 3.8) is 0 Å². The van der Waals surface area contributed by atoms with Crippen molar-refractivity contribution in [3.8, 4) is 0 Å². The van der Waals surface area contributed by atoms with Crippen LogP contribution in [0.4, 0.5) is 0 Å². The Bertz CT molecular complexity index is 592. The molecule has 0 unspecified atom stereocenters. The van der Waals surface area contributed by atoms with E-state index in [0.29, 0.717) is 19.9 Å². The van der Waals surface area contributed by atoms with E-state index in [-0.39, 0.29) is 5.78 Å². The highest BCUT2D eigenvalue weighted by atomic mass is 79.9. The predicted molar refractivity (Wildman–Crippen MR) is 79.3 cm³/mol. The van der Waals surface area contributed by atoms with Crippen LogP contribution in [0.1, 0.15) is 20.1 Å². The Labute approximate surface area is 125 Å². The molecular weight excluding hydrogens is 387 g/mol. The zero-order valence-corrected chi connectivity index (χ0v) is 13.5. The van der Waals surface area contributed by atoms with E-state index in [1.54, 1.807) is 18.2 Å². The lowest BCUT2D eigenvalue weighted by atomic mass is 10.1. The maximum absolute atomic E-state index is 12.3. The summed E-state index contributed by atoms with van der Waals surface area (Å²) in [4.78, 5) is 14.1. The summed E-state index contributed by atoms with van der Waals surface area (Å²) in [6.07, 6.45) is 0. The monoisotopic (exact) mass is 392 g/mol. The lowest BCUT2D eigenvalue weighted by Gasteiger charge is -2.03. The maximum atomic E-state index is 12.3. The summed E-state index contributed by atoms with van der Waals surface area (Å²) in [5.41, 5.74) is 0.622. The van der Waals surface area contributed by atoms with E-state index in [9.17, 15) is 4.79 Å². The second-order valence-corrected chi connectivity index (χ2v) is 6.89. The van der Waals surface area contributed by atoms with Crippen LogP contribution in [0.25, 0.3) is 0 Å². The van der Waals surface area contributed by atoms with Crippen molar-refractivity contribution in [3.05, 3.63) is 53.6 Å². The number of ketones is 1. The summed E-state index contributed by atoms with van der Waals surface area (Å²) < 4.78 is 1.56. The van der Waals surface area contributed by atoms with E-state index >= 15 is 0 Å². The molecule has 0 aliphatic rings. The van der Waals surface area contributed by atoms with Gasteiger partial charge >= 0.3 is 0 Å². The van der Waals surface area contributed by atoms with Gasteiger partial charge in [-0.2, -0.15) is 0 Å². The fourth-order valence-electron chi connectivity index (χ4n) is 1.43. The van der Waals surface area contributed by atoms with Gasteiger partial charge < -0.3 is 0 Å². The Kier molecular flexibility index (Phi) is 4.08. The number of benzene rings is 1. The molecule has 1 aromatic carbocycles. The van der Waals surface area contributed by atoms with E-state index in [1.165, 1.54) is 11.3 Å². The molecule has 1 aromatic heterocycles. The molecule has 0 fully saturated rings. The van der Waals surface area contributed by atoms with Gasteiger partial charge in [0.1, 0.15) is 0 Å². The minimum absolute atomic E-state index is 0.00137. The van der Waals surface area contributed by atoms with Crippen molar-refractivity contribution in [2.45, 2.75) is 6.92 Å². The molecule has 2 rings (SSSR count). The number of hydrogen-bond acceptors (Lipinski definition) is 2. The number of carbonyl (C=O) groups excluding carboxylic acids is 1. The average Bonchev–Trinajstić information content (AvgIpc) is 2.57. The SMILES string of the molecule is Cc1cc(Br)c(C(=O)c2ccc(Cl)cc2Br)s1. The number of halogens is 3. The molecule has 1 nitrogen and oxygen atoms in total. The quantitative estimate of drug-likeness (QED) is 0.618. The van der Waals surface area contributed by atoms with Gasteiger partial charge in [0.05, 0.1) is 4.88 Å². The van der Waals surface area contributed by atoms with E-state index in [1.807, 2.05) is 13.0 Å². The highest BCUT2D eigenvalue weighted by Crippen LogP contribution is 2.31. The molecular formula is C12H7Br2ClOS. The molecule has 1 heterocycles. The first-order chi connectivity index (χ1) is 7.99. The molecule has 5 heteroatoms. The van der Waals surface area contributed by atoms with Crippen molar-refractivity contribution < 1.29 is 4.79 Å². The summed E-state index contributed by atoms with van der Waals surface area (Å²) in [5, 5.41) is 0.606. The molecule has 2 aromatic rings. The number of rotatable bonds is 2. The van der Waals surface area contributed by atoms with Gasteiger partial charge in [0.15, 0.2) is 0 Å². The third-order valence-electron chi connectivity index (χ3n) is 2.19. The topological polar surface area (TPSA) is 17.1 Å². The number of thiophene rings is 1. The molecule has 0 aliphatic carbocycles. The van der Waals surface area contributed by atoms with Gasteiger partial charge in [-0.05, 0) is 63.0 Å². The van der Waals surface area contributed by atoms with E-state index < -0.39 is 0 Å². The molecule has 0 bridgehead atoms. The van der Waals surface area contributed by atoms with E-state index in [4.69, 9.17) is 11.6 Å². The van der Waals surface area contributed by atoms with Crippen LogP contribution < -0.4 is 0 Å². The zero-order valence-electron chi connectivity index (χ0n) is 8.76. The van der Waals surface area contributed by atoms with Gasteiger partial charge in [-0.1, -0.05) is 11.6 Å². The lowest BCUT2D eigenvalue weighted by molar-refractivity contribution is 0.104. The molecule has 0 aliphatic heterocycles. The smallest absolute Gasteiger partial charge is 0.205 e. The zero-order chi connectivity index (χ0) is 12.6. The number of hydrogen-bond donors (Lipinski definition) is 0. The van der Waals surface area contributed by atoms with Crippen LogP contribution in [0, 0.1) is 6.92 Å². The average molecular weight is 395 g/mol. The van der Waals surface area contributed by atoms with Crippen molar-refractivity contribution in [1.29, 1.82) is 0 Å². The third kappa shape index (κ3) is 2.81. The van der Waals surface area contributed by atoms with Crippen LogP contribution in [-0.2, 0) is 0 Å². The van der Waals surface area contributed by atoms with Gasteiger partial charge in [0.25, 0.3) is 0 Å². The van der Waals surface area contributed by atoms with Crippen molar-refractivity contribution in [2.75, 3.05) is 0 Å². The first kappa shape index (κ1) is 13.3. The number of aryl methyl sites for hydroxylation is 1. The van der Waals surface area contributed by atoms with Gasteiger partial charge in [0, 0.05) is 24.4 Å². The third-order valence-corrected chi connectivity index (χ3v) is 5.02. The molecule has 0 radical (unpaired) electrons. The lowest BCUT2D eigenvalue weighted by Crippen LogP contribution is -2.00. The largest absolute Gasteiger partial charge is 0.288 e. The van der Waals surface area contributed by atoms with Crippen molar-refractivity contribution >= 4 is 60.6 Å². The summed E-state index contributed by atoms with van der Waals surface area (Å²) in [6, 6.07) is 7.12. The molecule has 17 heavy (non-hydrogen) atoms. The fraction of sp³-hybridized carbons (Fsp3) is 0.0833. The number of carbonyl (C=O) groups is 1. The summed E-state index contributed by atoms with van der Waals surface area (Å²) in [5.74, 6) is -0.00137. The Hall–Kier alpha value is -0.160. The molecule has 0 saturated carbocycles. The van der Waals surface area contributed by atoms with Crippen LogP contribution >= 0.6 is 54.8 Å². The van der Waals surface area contributed by atoms with Crippen LogP contribution in [0.15, 0.2) is 33.2 Å². The van der Waals surface area contributed by atoms with Crippen LogP contribution in [0.2, 0.25) is 5.02 Å². The molecule has 0 atom stereocenters. The highest BCUT2D eigenvalue weighted by Gasteiger charge is 2.17. The van der Waals surface area contributed by atoms with Crippen LogP contribution in [0.3, 0.4) is 0 Å². The molecule has 88 valence electrons. The standard InChI is InChI=1S/C12H7Br2ClOS/c1-6-4-10(14)12(17-6)11(16)8-3-2-7(15)5-9(8)13/h2-5H,1H3. The highest BCUT2D eigenvalue weighted by molar-refractivity contribution is 9.11. The molecule has 0 spiro atoms. The van der Waals surface area contributed by atoms with Crippen LogP contribution in [0.5, 0.6) is 0 Å². The van der Waals surface area contributed by atoms with Crippen LogP contribution in [-0.4, -0.2) is 5.78 Å². The Balaban J connectivity index is 2.47. The minimum atomic E-state index is -0.00137. The fourth-order valence-corrected chi connectivity index (χ4v) is 4.07. The molecule has 0 amide bonds. The van der Waals surface area contributed by atoms with Gasteiger partial charge in [0.2, 0.25) is 5.78 Å². The molecule has 0 N–H and O–H groups in total. The van der Waals surface area contributed by atoms with Gasteiger partial charge in [-0.3, -0.25) is 4.79 Å². The molecule has 0 saturated heterocycles. The van der Waals surface area contributed by atoms with Gasteiger partial charge in [-0.15, -0.1) is 11.3 Å². The van der Waals surface area contributed by atoms with Gasteiger partial charge in [-0.25, -0.2) is 0 Å². The van der Waals surface area contributed by atoms with Crippen molar-refractivity contribution in [2.24, 2.45) is 0 Å². The Morgan fingerprint density at radius 2 is 1.94 bits per heavy atom. The van der Waals surface area contributed by atoms with E-state index in [0.717, 1.165) is 9.35 Å². The normalized spacial score (nSPS) is 10.6. The minimum Gasteiger partial charge on any atom is -0.288 e. The Morgan fingerprint density at radius 1 is 1.24 bits per heavy atom. The summed E-state index contributed by atoms with van der Waals surface area (Å²) in [7, 11) is 0. The van der Waals surface area contributed by atoms with Crippen molar-refractivity contribution in [1.82, 2.24) is 0 Å². The maximum Gasteiger partial charge on any atom is 0.205 e.